The summed E-state index contributed by atoms with van der Waals surface area (Å²) in [6.07, 6.45) is 1.37. The minimum Gasteiger partial charge on any atom is -0.415 e. The van der Waals surface area contributed by atoms with Crippen molar-refractivity contribution in [1.29, 1.82) is 0 Å². The van der Waals surface area contributed by atoms with E-state index >= 15 is 0 Å². The molecule has 0 aliphatic carbocycles. The largest absolute Gasteiger partial charge is 0.415 e. The van der Waals surface area contributed by atoms with Crippen LogP contribution < -0.4 is 0 Å². The average molecular weight is 441 g/mol. The van der Waals surface area contributed by atoms with Gasteiger partial charge in [-0.15, -0.1) is 15.3 Å². The molecule has 164 valence electrons. The molecule has 1 fully saturated rings. The van der Waals surface area contributed by atoms with Gasteiger partial charge < -0.3 is 4.42 Å². The number of rotatable bonds is 7. The van der Waals surface area contributed by atoms with Crippen LogP contribution in [0.2, 0.25) is 0 Å². The lowest BCUT2D eigenvalue weighted by Crippen LogP contribution is -2.36. The van der Waals surface area contributed by atoms with Crippen LogP contribution in [0.1, 0.15) is 30.0 Å². The van der Waals surface area contributed by atoms with Gasteiger partial charge in [-0.2, -0.15) is 8.78 Å². The SMILES string of the molecule is Fc1cc(-c2nnc(C(F)F)o2)cnc1Cn1cc(-c2ccc(CN3CCC3)cc2)nn1. The fraction of sp³-hybridized carbons (Fsp3) is 0.286. The van der Waals surface area contributed by atoms with Crippen LogP contribution in [0, 0.1) is 5.82 Å². The van der Waals surface area contributed by atoms with E-state index in [9.17, 15) is 13.2 Å². The number of nitrogens with zero attached hydrogens (tertiary/aromatic N) is 7. The normalized spacial score (nSPS) is 14.1. The molecule has 3 aromatic heterocycles. The smallest absolute Gasteiger partial charge is 0.314 e. The number of halogens is 3. The van der Waals surface area contributed by atoms with Gasteiger partial charge >= 0.3 is 6.43 Å². The maximum Gasteiger partial charge on any atom is 0.314 e. The molecule has 11 heteroatoms. The summed E-state index contributed by atoms with van der Waals surface area (Å²) in [5.41, 5.74) is 3.06. The number of pyridine rings is 1. The number of hydrogen-bond acceptors (Lipinski definition) is 7. The van der Waals surface area contributed by atoms with E-state index < -0.39 is 18.1 Å². The zero-order chi connectivity index (χ0) is 22.1. The quantitative estimate of drug-likeness (QED) is 0.432. The molecule has 0 radical (unpaired) electrons. The monoisotopic (exact) mass is 441 g/mol. The molecule has 32 heavy (non-hydrogen) atoms. The van der Waals surface area contributed by atoms with Crippen molar-refractivity contribution in [3.8, 4) is 22.7 Å². The van der Waals surface area contributed by atoms with Gasteiger partial charge in [0.15, 0.2) is 0 Å². The second-order valence-corrected chi connectivity index (χ2v) is 7.53. The Morgan fingerprint density at radius 1 is 1.00 bits per heavy atom. The van der Waals surface area contributed by atoms with E-state index in [1.165, 1.54) is 22.9 Å². The summed E-state index contributed by atoms with van der Waals surface area (Å²) in [7, 11) is 0. The fourth-order valence-corrected chi connectivity index (χ4v) is 3.38. The first-order chi connectivity index (χ1) is 15.5. The highest BCUT2D eigenvalue weighted by molar-refractivity contribution is 5.58. The molecule has 0 amide bonds. The van der Waals surface area contributed by atoms with Crippen LogP contribution in [-0.4, -0.2) is 48.2 Å². The van der Waals surface area contributed by atoms with Crippen LogP contribution in [0.15, 0.2) is 47.1 Å². The zero-order valence-electron chi connectivity index (χ0n) is 16.8. The van der Waals surface area contributed by atoms with Crippen LogP contribution in [0.25, 0.3) is 22.7 Å². The van der Waals surface area contributed by atoms with Gasteiger partial charge in [0.05, 0.1) is 24.0 Å². The lowest BCUT2D eigenvalue weighted by molar-refractivity contribution is 0.116. The van der Waals surface area contributed by atoms with Gasteiger partial charge in [-0.25, -0.2) is 9.07 Å². The standard InChI is InChI=1S/C21H18F3N7O/c22-16-8-15(20-27-28-21(32-20)19(23)24)9-25-18(16)12-31-11-17(26-29-31)14-4-2-13(3-5-14)10-30-6-1-7-30/h2-5,8-9,11,19H,1,6-7,10,12H2. The molecule has 0 saturated carbocycles. The van der Waals surface area contributed by atoms with Crippen LogP contribution in [-0.2, 0) is 13.1 Å². The first kappa shape index (κ1) is 20.3. The van der Waals surface area contributed by atoms with Crippen molar-refractivity contribution < 1.29 is 17.6 Å². The van der Waals surface area contributed by atoms with E-state index in [0.29, 0.717) is 5.69 Å². The topological polar surface area (TPSA) is 85.8 Å². The first-order valence-electron chi connectivity index (χ1n) is 10.0. The van der Waals surface area contributed by atoms with Crippen molar-refractivity contribution in [1.82, 2.24) is 35.1 Å². The summed E-state index contributed by atoms with van der Waals surface area (Å²) in [6, 6.07) is 9.25. The van der Waals surface area contributed by atoms with Gasteiger partial charge in [-0.3, -0.25) is 9.88 Å². The third-order valence-electron chi connectivity index (χ3n) is 5.25. The molecule has 1 aromatic carbocycles. The van der Waals surface area contributed by atoms with E-state index in [1.807, 2.05) is 12.1 Å². The Hall–Kier alpha value is -3.60. The third kappa shape index (κ3) is 4.24. The van der Waals surface area contributed by atoms with Crippen molar-refractivity contribution in [2.75, 3.05) is 13.1 Å². The average Bonchev–Trinajstić information content (AvgIpc) is 3.43. The second-order valence-electron chi connectivity index (χ2n) is 7.53. The highest BCUT2D eigenvalue weighted by atomic mass is 19.3. The molecule has 0 N–H and O–H groups in total. The van der Waals surface area contributed by atoms with Crippen molar-refractivity contribution >= 4 is 0 Å². The first-order valence-corrected chi connectivity index (χ1v) is 10.0. The van der Waals surface area contributed by atoms with E-state index in [0.717, 1.165) is 31.3 Å². The van der Waals surface area contributed by atoms with E-state index in [2.05, 4.69) is 42.5 Å². The summed E-state index contributed by atoms with van der Waals surface area (Å²) in [6.45, 7) is 3.29. The van der Waals surface area contributed by atoms with E-state index in [4.69, 9.17) is 4.42 Å². The minimum absolute atomic E-state index is 0.0538. The van der Waals surface area contributed by atoms with Crippen LogP contribution in [0.5, 0.6) is 0 Å². The van der Waals surface area contributed by atoms with Gasteiger partial charge in [0.2, 0.25) is 5.89 Å². The maximum atomic E-state index is 14.5. The Labute approximate surface area is 180 Å². The molecule has 0 spiro atoms. The highest BCUT2D eigenvalue weighted by Crippen LogP contribution is 2.24. The van der Waals surface area contributed by atoms with Gasteiger partial charge in [-0.05, 0) is 31.1 Å². The van der Waals surface area contributed by atoms with E-state index in [1.54, 1.807) is 6.20 Å². The summed E-state index contributed by atoms with van der Waals surface area (Å²) in [5, 5.41) is 14.9. The lowest BCUT2D eigenvalue weighted by atomic mass is 10.1. The minimum atomic E-state index is -2.90. The second kappa shape index (κ2) is 8.50. The van der Waals surface area contributed by atoms with Gasteiger partial charge in [-0.1, -0.05) is 29.5 Å². The van der Waals surface area contributed by atoms with Crippen LogP contribution >= 0.6 is 0 Å². The molecule has 8 nitrogen and oxygen atoms in total. The Kier molecular flexibility index (Phi) is 5.39. The Morgan fingerprint density at radius 2 is 1.81 bits per heavy atom. The molecule has 1 aliphatic heterocycles. The third-order valence-corrected chi connectivity index (χ3v) is 5.25. The summed E-state index contributed by atoms with van der Waals surface area (Å²) >= 11 is 0. The molecule has 4 heterocycles. The molecule has 5 rings (SSSR count). The molecular weight excluding hydrogens is 423 g/mol. The molecule has 1 saturated heterocycles. The van der Waals surface area contributed by atoms with Gasteiger partial charge in [0.1, 0.15) is 11.5 Å². The molecule has 1 aliphatic rings. The van der Waals surface area contributed by atoms with E-state index in [-0.39, 0.29) is 23.7 Å². The van der Waals surface area contributed by atoms with Crippen molar-refractivity contribution in [2.24, 2.45) is 0 Å². The number of alkyl halides is 2. The predicted molar refractivity (Wildman–Crippen MR) is 107 cm³/mol. The number of likely N-dealkylation sites (tertiary alicyclic amines) is 1. The summed E-state index contributed by atoms with van der Waals surface area (Å²) < 4.78 is 46.0. The molecule has 4 aromatic rings. The molecule has 0 unspecified atom stereocenters. The number of aromatic nitrogens is 6. The maximum absolute atomic E-state index is 14.5. The van der Waals surface area contributed by atoms with Crippen LogP contribution in [0.3, 0.4) is 0 Å². The Bertz CT molecular complexity index is 1220. The van der Waals surface area contributed by atoms with Gasteiger partial charge in [0, 0.05) is 18.3 Å². The van der Waals surface area contributed by atoms with Crippen molar-refractivity contribution in [3.05, 3.63) is 65.7 Å². The summed E-state index contributed by atoms with van der Waals surface area (Å²) in [5.74, 6) is -1.70. The number of hydrogen-bond donors (Lipinski definition) is 0. The van der Waals surface area contributed by atoms with Crippen molar-refractivity contribution in [2.45, 2.75) is 25.9 Å². The Balaban J connectivity index is 1.27. The lowest BCUT2D eigenvalue weighted by Gasteiger charge is -2.30. The summed E-state index contributed by atoms with van der Waals surface area (Å²) in [4.78, 5) is 6.44. The highest BCUT2D eigenvalue weighted by Gasteiger charge is 2.19. The van der Waals surface area contributed by atoms with Crippen molar-refractivity contribution in [3.63, 3.8) is 0 Å². The fourth-order valence-electron chi connectivity index (χ4n) is 3.38. The predicted octanol–water partition coefficient (Wildman–Crippen LogP) is 3.72. The molecule has 0 atom stereocenters. The molecule has 0 bridgehead atoms. The van der Waals surface area contributed by atoms with Gasteiger partial charge in [0.25, 0.3) is 5.89 Å². The molecular formula is C21H18F3N7O. The zero-order valence-corrected chi connectivity index (χ0v) is 16.8. The van der Waals surface area contributed by atoms with Crippen LogP contribution in [0.4, 0.5) is 13.2 Å². The Morgan fingerprint density at radius 3 is 2.47 bits per heavy atom. The number of benzene rings is 1.